The first kappa shape index (κ1) is 12.7. The summed E-state index contributed by atoms with van der Waals surface area (Å²) in [6, 6.07) is 4.00. The molecule has 2 rings (SSSR count). The molecule has 1 aromatic rings. The van der Waals surface area contributed by atoms with Crippen LogP contribution < -0.4 is 11.1 Å². The number of rotatable bonds is 4. The fourth-order valence-electron chi connectivity index (χ4n) is 2.04. The van der Waals surface area contributed by atoms with Gasteiger partial charge in [-0.3, -0.25) is 4.79 Å². The molecule has 0 aliphatic heterocycles. The Morgan fingerprint density at radius 3 is 2.61 bits per heavy atom. The topological polar surface area (TPSA) is 95.6 Å². The first-order valence-electron chi connectivity index (χ1n) is 6.01. The SMILES string of the molecule is CC(CN)(NC(=O)c1ccc(O)c(O)c1)C1CC1. The Labute approximate surface area is 106 Å². The predicted octanol–water partition coefficient (Wildman–Crippen LogP) is 0.955. The maximum Gasteiger partial charge on any atom is 0.251 e. The molecular formula is C13H18N2O3. The highest BCUT2D eigenvalue weighted by molar-refractivity contribution is 5.95. The third kappa shape index (κ3) is 2.41. The molecule has 0 aromatic heterocycles. The minimum Gasteiger partial charge on any atom is -0.504 e. The molecule has 0 saturated heterocycles. The van der Waals surface area contributed by atoms with E-state index in [1.54, 1.807) is 0 Å². The lowest BCUT2D eigenvalue weighted by Gasteiger charge is -2.29. The van der Waals surface area contributed by atoms with Gasteiger partial charge in [0.15, 0.2) is 11.5 Å². The van der Waals surface area contributed by atoms with Crippen LogP contribution in [0.3, 0.4) is 0 Å². The maximum absolute atomic E-state index is 12.1. The van der Waals surface area contributed by atoms with Gasteiger partial charge in [0.25, 0.3) is 5.91 Å². The second-order valence-electron chi connectivity index (χ2n) is 5.05. The van der Waals surface area contributed by atoms with Crippen LogP contribution in [0.4, 0.5) is 0 Å². The molecule has 1 atom stereocenters. The molecule has 0 bridgehead atoms. The molecule has 5 nitrogen and oxygen atoms in total. The number of carbonyl (C=O) groups is 1. The number of nitrogens with one attached hydrogen (secondary N) is 1. The summed E-state index contributed by atoms with van der Waals surface area (Å²) in [7, 11) is 0. The van der Waals surface area contributed by atoms with Gasteiger partial charge in [0.05, 0.1) is 5.54 Å². The molecule has 5 N–H and O–H groups in total. The molecule has 5 heteroatoms. The third-order valence-electron chi connectivity index (χ3n) is 3.54. The van der Waals surface area contributed by atoms with Crippen LogP contribution in [-0.4, -0.2) is 28.2 Å². The van der Waals surface area contributed by atoms with Crippen molar-refractivity contribution >= 4 is 5.91 Å². The molecule has 98 valence electrons. The minimum atomic E-state index is -0.398. The first-order chi connectivity index (χ1) is 8.46. The summed E-state index contributed by atoms with van der Waals surface area (Å²) in [5.74, 6) is -0.402. The van der Waals surface area contributed by atoms with Crippen LogP contribution >= 0.6 is 0 Å². The number of hydrogen-bond donors (Lipinski definition) is 4. The van der Waals surface area contributed by atoms with Gasteiger partial charge in [-0.2, -0.15) is 0 Å². The van der Waals surface area contributed by atoms with E-state index in [2.05, 4.69) is 5.32 Å². The molecular weight excluding hydrogens is 232 g/mol. The van der Waals surface area contributed by atoms with Gasteiger partial charge >= 0.3 is 0 Å². The average molecular weight is 250 g/mol. The van der Waals surface area contributed by atoms with Crippen molar-refractivity contribution in [1.82, 2.24) is 5.32 Å². The predicted molar refractivity (Wildman–Crippen MR) is 67.4 cm³/mol. The van der Waals surface area contributed by atoms with Crippen LogP contribution in [-0.2, 0) is 0 Å². The molecule has 1 aliphatic rings. The lowest BCUT2D eigenvalue weighted by atomic mass is 9.95. The van der Waals surface area contributed by atoms with Crippen LogP contribution in [0.2, 0.25) is 0 Å². The van der Waals surface area contributed by atoms with Gasteiger partial charge in [-0.25, -0.2) is 0 Å². The number of aromatic hydroxyl groups is 2. The van der Waals surface area contributed by atoms with Crippen molar-refractivity contribution in [2.24, 2.45) is 11.7 Å². The smallest absolute Gasteiger partial charge is 0.251 e. The number of nitrogens with two attached hydrogens (primary N) is 1. The number of carbonyl (C=O) groups excluding carboxylic acids is 1. The largest absolute Gasteiger partial charge is 0.504 e. The van der Waals surface area contributed by atoms with Gasteiger partial charge in [-0.05, 0) is 43.9 Å². The van der Waals surface area contributed by atoms with Crippen molar-refractivity contribution in [1.29, 1.82) is 0 Å². The molecule has 1 aromatic carbocycles. The summed E-state index contributed by atoms with van der Waals surface area (Å²) in [4.78, 5) is 12.1. The number of phenols is 2. The van der Waals surface area contributed by atoms with E-state index in [9.17, 15) is 15.0 Å². The van der Waals surface area contributed by atoms with Crippen molar-refractivity contribution < 1.29 is 15.0 Å². The highest BCUT2D eigenvalue weighted by Crippen LogP contribution is 2.39. The van der Waals surface area contributed by atoms with Crippen molar-refractivity contribution in [2.75, 3.05) is 6.54 Å². The second kappa shape index (κ2) is 4.49. The second-order valence-corrected chi connectivity index (χ2v) is 5.05. The Hall–Kier alpha value is -1.75. The third-order valence-corrected chi connectivity index (χ3v) is 3.54. The van der Waals surface area contributed by atoms with E-state index in [4.69, 9.17) is 5.73 Å². The Morgan fingerprint density at radius 1 is 1.44 bits per heavy atom. The van der Waals surface area contributed by atoms with Crippen molar-refractivity contribution in [2.45, 2.75) is 25.3 Å². The van der Waals surface area contributed by atoms with Crippen LogP contribution in [0, 0.1) is 5.92 Å². The van der Waals surface area contributed by atoms with Crippen molar-refractivity contribution in [3.05, 3.63) is 23.8 Å². The number of hydrogen-bond acceptors (Lipinski definition) is 4. The van der Waals surface area contributed by atoms with E-state index in [-0.39, 0.29) is 17.4 Å². The van der Waals surface area contributed by atoms with E-state index in [1.807, 2.05) is 6.92 Å². The summed E-state index contributed by atoms with van der Waals surface area (Å²) in [6.45, 7) is 2.32. The van der Waals surface area contributed by atoms with Gasteiger partial charge in [-0.1, -0.05) is 0 Å². The summed E-state index contributed by atoms with van der Waals surface area (Å²) in [5, 5.41) is 21.5. The molecule has 1 unspecified atom stereocenters. The van der Waals surface area contributed by atoms with Gasteiger partial charge < -0.3 is 21.3 Å². The summed E-state index contributed by atoms with van der Waals surface area (Å²) in [6.07, 6.45) is 2.16. The summed E-state index contributed by atoms with van der Waals surface area (Å²) < 4.78 is 0. The Bertz CT molecular complexity index is 471. The van der Waals surface area contributed by atoms with Crippen LogP contribution in [0.5, 0.6) is 11.5 Å². The Balaban J connectivity index is 2.13. The minimum absolute atomic E-state index is 0.240. The van der Waals surface area contributed by atoms with Crippen molar-refractivity contribution in [3.63, 3.8) is 0 Å². The van der Waals surface area contributed by atoms with Crippen molar-refractivity contribution in [3.8, 4) is 11.5 Å². The molecule has 1 amide bonds. The molecule has 18 heavy (non-hydrogen) atoms. The van der Waals surface area contributed by atoms with Crippen LogP contribution in [0.25, 0.3) is 0 Å². The lowest BCUT2D eigenvalue weighted by molar-refractivity contribution is 0.0897. The van der Waals surface area contributed by atoms with Gasteiger partial charge in [0, 0.05) is 12.1 Å². The quantitative estimate of drug-likeness (QED) is 0.598. The molecule has 0 radical (unpaired) electrons. The van der Waals surface area contributed by atoms with E-state index >= 15 is 0 Å². The highest BCUT2D eigenvalue weighted by Gasteiger charge is 2.41. The van der Waals surface area contributed by atoms with Gasteiger partial charge in [-0.15, -0.1) is 0 Å². The molecule has 1 aliphatic carbocycles. The standard InChI is InChI=1S/C13H18N2O3/c1-13(7-14,9-3-4-9)15-12(18)8-2-5-10(16)11(17)6-8/h2,5-6,9,16-17H,3-4,7,14H2,1H3,(H,15,18). The van der Waals surface area contributed by atoms with Crippen LogP contribution in [0.15, 0.2) is 18.2 Å². The van der Waals surface area contributed by atoms with Crippen LogP contribution in [0.1, 0.15) is 30.1 Å². The molecule has 1 saturated carbocycles. The van der Waals surface area contributed by atoms with E-state index in [0.717, 1.165) is 12.8 Å². The lowest BCUT2D eigenvalue weighted by Crippen LogP contribution is -2.53. The summed E-state index contributed by atoms with van der Waals surface area (Å²) in [5.41, 5.74) is 5.64. The maximum atomic E-state index is 12.1. The average Bonchev–Trinajstić information content (AvgIpc) is 3.16. The Morgan fingerprint density at radius 2 is 2.11 bits per heavy atom. The van der Waals surface area contributed by atoms with E-state index in [1.165, 1.54) is 18.2 Å². The number of phenolic OH excluding ortho intramolecular Hbond substituents is 2. The highest BCUT2D eigenvalue weighted by atomic mass is 16.3. The fourth-order valence-corrected chi connectivity index (χ4v) is 2.04. The summed E-state index contributed by atoms with van der Waals surface area (Å²) >= 11 is 0. The fraction of sp³-hybridized carbons (Fsp3) is 0.462. The van der Waals surface area contributed by atoms with E-state index in [0.29, 0.717) is 18.0 Å². The zero-order valence-corrected chi connectivity index (χ0v) is 10.3. The molecule has 1 fully saturated rings. The van der Waals surface area contributed by atoms with Gasteiger partial charge in [0.1, 0.15) is 0 Å². The zero-order chi connectivity index (χ0) is 13.3. The molecule has 0 spiro atoms. The number of benzene rings is 1. The first-order valence-corrected chi connectivity index (χ1v) is 6.01. The van der Waals surface area contributed by atoms with E-state index < -0.39 is 5.54 Å². The number of amides is 1. The zero-order valence-electron chi connectivity index (χ0n) is 10.3. The van der Waals surface area contributed by atoms with Gasteiger partial charge in [0.2, 0.25) is 0 Å². The molecule has 0 heterocycles. The monoisotopic (exact) mass is 250 g/mol. The Kier molecular flexibility index (Phi) is 3.17. The normalized spacial score (nSPS) is 18.1.